The molecule has 0 aromatic heterocycles. The van der Waals surface area contributed by atoms with Crippen LogP contribution < -0.4 is 27.4 Å². The fourth-order valence-electron chi connectivity index (χ4n) is 2.37. The summed E-state index contributed by atoms with van der Waals surface area (Å²) in [5, 5.41) is 9.98. The van der Waals surface area contributed by atoms with Crippen molar-refractivity contribution < 1.29 is 17.7 Å². The molecule has 0 spiro atoms. The lowest BCUT2D eigenvalue weighted by Gasteiger charge is -2.24. The summed E-state index contributed by atoms with van der Waals surface area (Å²) in [4.78, 5) is 0. The Balaban J connectivity index is 0. The van der Waals surface area contributed by atoms with Crippen LogP contribution in [0.25, 0.3) is 0 Å². The number of hydrogen-bond acceptors (Lipinski definition) is 9. The van der Waals surface area contributed by atoms with Crippen LogP contribution in [0.1, 0.15) is 26.2 Å². The molecule has 0 unspecified atom stereocenters. The lowest BCUT2D eigenvalue weighted by molar-refractivity contribution is 0.123. The van der Waals surface area contributed by atoms with Crippen molar-refractivity contribution in [3.05, 3.63) is 0 Å². The third kappa shape index (κ3) is 20.0. The molecular formula is C19H51N5O4Si2. The topological polar surface area (TPSA) is 125 Å². The second-order valence-electron chi connectivity index (χ2n) is 7.60. The largest absolute Gasteiger partial charge is 0.500 e. The molecule has 0 fully saturated rings. The first kappa shape index (κ1) is 32.3. The fraction of sp³-hybridized carbons (Fsp3) is 1.00. The van der Waals surface area contributed by atoms with Crippen molar-refractivity contribution in [3.8, 4) is 0 Å². The van der Waals surface area contributed by atoms with Gasteiger partial charge in [0.25, 0.3) is 0 Å². The van der Waals surface area contributed by atoms with E-state index in [0.29, 0.717) is 6.54 Å². The molecular weight excluding hydrogens is 418 g/mol. The third-order valence-corrected chi connectivity index (χ3v) is 9.33. The van der Waals surface area contributed by atoms with Crippen LogP contribution in [-0.4, -0.2) is 97.0 Å². The van der Waals surface area contributed by atoms with Crippen molar-refractivity contribution in [1.29, 1.82) is 0 Å². The maximum absolute atomic E-state index is 5.63. The molecule has 11 heteroatoms. The van der Waals surface area contributed by atoms with Crippen LogP contribution in [0.15, 0.2) is 0 Å². The van der Waals surface area contributed by atoms with Crippen LogP contribution in [0.2, 0.25) is 19.1 Å². The van der Waals surface area contributed by atoms with E-state index < -0.39 is 17.1 Å². The molecule has 0 bridgehead atoms. The van der Waals surface area contributed by atoms with Gasteiger partial charge in [0.05, 0.1) is 0 Å². The summed E-state index contributed by atoms with van der Waals surface area (Å²) in [6.07, 6.45) is 4.09. The molecule has 0 aromatic rings. The molecule has 0 radical (unpaired) electrons. The van der Waals surface area contributed by atoms with Gasteiger partial charge in [0.15, 0.2) is 8.32 Å². The first-order valence-corrected chi connectivity index (χ1v) is 16.2. The number of hydrogen-bond donors (Lipinski definition) is 5. The fourth-order valence-corrected chi connectivity index (χ4v) is 4.91. The van der Waals surface area contributed by atoms with Crippen LogP contribution in [-0.2, 0) is 17.7 Å². The number of rotatable bonds is 20. The Bertz CT molecular complexity index is 347. The zero-order valence-corrected chi connectivity index (χ0v) is 22.5. The highest BCUT2D eigenvalue weighted by atomic mass is 28.4. The number of nitrogens with two attached hydrogens (primary N) is 2. The standard InChI is InChI=1S/C12H32N4O3Si.C7H19NOSi/c1-17-20(18-2,19-3)12-4-6-14-8-10-16-11-9-15-7-5-13;1-4-5-6-9-10(2,3)7-8/h14-16H,4-13H2,1-3H3;4-8H2,1-3H3. The molecule has 184 valence electrons. The lowest BCUT2D eigenvalue weighted by Crippen LogP contribution is -2.43. The van der Waals surface area contributed by atoms with Crippen molar-refractivity contribution >= 4 is 17.1 Å². The zero-order valence-electron chi connectivity index (χ0n) is 20.5. The van der Waals surface area contributed by atoms with Crippen LogP contribution in [0.5, 0.6) is 0 Å². The molecule has 0 heterocycles. The lowest BCUT2D eigenvalue weighted by atomic mass is 10.4. The van der Waals surface area contributed by atoms with E-state index in [0.717, 1.165) is 70.9 Å². The third-order valence-electron chi connectivity index (χ3n) is 4.53. The summed E-state index contributed by atoms with van der Waals surface area (Å²) in [7, 11) is 1.12. The van der Waals surface area contributed by atoms with Gasteiger partial charge in [-0.15, -0.1) is 0 Å². The van der Waals surface area contributed by atoms with Gasteiger partial charge in [0.2, 0.25) is 0 Å². The maximum atomic E-state index is 5.63. The van der Waals surface area contributed by atoms with E-state index in [9.17, 15) is 0 Å². The van der Waals surface area contributed by atoms with Gasteiger partial charge in [0.1, 0.15) is 0 Å². The van der Waals surface area contributed by atoms with Crippen molar-refractivity contribution in [2.24, 2.45) is 11.5 Å². The smallest absolute Gasteiger partial charge is 0.416 e. The monoisotopic (exact) mass is 469 g/mol. The van der Waals surface area contributed by atoms with Crippen LogP contribution in [0.3, 0.4) is 0 Å². The maximum Gasteiger partial charge on any atom is 0.500 e. The molecule has 30 heavy (non-hydrogen) atoms. The first-order valence-electron chi connectivity index (χ1n) is 11.2. The summed E-state index contributed by atoms with van der Waals surface area (Å²) in [6.45, 7) is 13.7. The molecule has 0 rings (SSSR count). The summed E-state index contributed by atoms with van der Waals surface area (Å²) in [5.41, 5.74) is 10.9. The van der Waals surface area contributed by atoms with Crippen LogP contribution in [0.4, 0.5) is 0 Å². The molecule has 7 N–H and O–H groups in total. The predicted octanol–water partition coefficient (Wildman–Crippen LogP) is 0.488. The Kier molecular flexibility index (Phi) is 23.9. The molecule has 0 atom stereocenters. The Morgan fingerprint density at radius 3 is 1.67 bits per heavy atom. The summed E-state index contributed by atoms with van der Waals surface area (Å²) >= 11 is 0. The minimum Gasteiger partial charge on any atom is -0.416 e. The summed E-state index contributed by atoms with van der Waals surface area (Å²) < 4.78 is 21.7. The molecule has 0 saturated carbocycles. The van der Waals surface area contributed by atoms with Crippen molar-refractivity contribution in [2.45, 2.75) is 45.3 Å². The van der Waals surface area contributed by atoms with E-state index in [-0.39, 0.29) is 0 Å². The SMILES string of the molecule is CCCCO[Si](C)(C)CN.CO[Si](CCCNCCNCCNCCN)(OC)OC. The predicted molar refractivity (Wildman–Crippen MR) is 131 cm³/mol. The normalized spacial score (nSPS) is 12.0. The van der Waals surface area contributed by atoms with Gasteiger partial charge >= 0.3 is 8.80 Å². The van der Waals surface area contributed by atoms with Crippen molar-refractivity contribution in [1.82, 2.24) is 16.0 Å². The average Bonchev–Trinajstić information content (AvgIpc) is 2.76. The van der Waals surface area contributed by atoms with Crippen LogP contribution >= 0.6 is 0 Å². The van der Waals surface area contributed by atoms with Gasteiger partial charge in [-0.1, -0.05) is 13.3 Å². The number of unbranched alkanes of at least 4 members (excludes halogenated alkanes) is 1. The Hall–Kier alpha value is 0.0738. The second kappa shape index (κ2) is 22.3. The summed E-state index contributed by atoms with van der Waals surface area (Å²) in [5.74, 6) is 0. The Morgan fingerprint density at radius 2 is 1.23 bits per heavy atom. The van der Waals surface area contributed by atoms with Gasteiger partial charge < -0.3 is 45.1 Å². The highest BCUT2D eigenvalue weighted by molar-refractivity contribution is 6.71. The van der Waals surface area contributed by atoms with Gasteiger partial charge in [-0.2, -0.15) is 0 Å². The van der Waals surface area contributed by atoms with E-state index in [1.807, 2.05) is 0 Å². The van der Waals surface area contributed by atoms with Gasteiger partial charge in [-0.05, 0) is 32.5 Å². The second-order valence-corrected chi connectivity index (χ2v) is 14.9. The molecule has 9 nitrogen and oxygen atoms in total. The van der Waals surface area contributed by atoms with Gasteiger partial charge in [-0.25, -0.2) is 0 Å². The Labute approximate surface area is 187 Å². The van der Waals surface area contributed by atoms with Crippen molar-refractivity contribution in [2.75, 3.05) is 79.9 Å². The molecule has 0 aliphatic rings. The molecule has 0 aliphatic heterocycles. The van der Waals surface area contributed by atoms with E-state index in [4.69, 9.17) is 29.2 Å². The minimum atomic E-state index is -2.39. The molecule has 0 saturated heterocycles. The number of nitrogens with one attached hydrogen (secondary N) is 3. The quantitative estimate of drug-likeness (QED) is 0.128. The molecule has 0 aromatic carbocycles. The first-order chi connectivity index (χ1) is 14.4. The highest BCUT2D eigenvalue weighted by Gasteiger charge is 2.36. The van der Waals surface area contributed by atoms with E-state index >= 15 is 0 Å². The van der Waals surface area contributed by atoms with E-state index in [2.05, 4.69) is 36.0 Å². The van der Waals surface area contributed by atoms with Crippen LogP contribution in [0, 0.1) is 0 Å². The van der Waals surface area contributed by atoms with E-state index in [1.165, 1.54) is 6.42 Å². The summed E-state index contributed by atoms with van der Waals surface area (Å²) in [6, 6.07) is 0.833. The molecule has 0 amide bonds. The van der Waals surface area contributed by atoms with Crippen molar-refractivity contribution in [3.63, 3.8) is 0 Å². The average molecular weight is 470 g/mol. The van der Waals surface area contributed by atoms with Gasteiger partial charge in [0, 0.05) is 79.4 Å². The zero-order chi connectivity index (χ0) is 23.1. The van der Waals surface area contributed by atoms with E-state index in [1.54, 1.807) is 21.3 Å². The minimum absolute atomic E-state index is 0.691. The van der Waals surface area contributed by atoms with Gasteiger partial charge in [-0.3, -0.25) is 0 Å². The Morgan fingerprint density at radius 1 is 0.733 bits per heavy atom. The highest BCUT2D eigenvalue weighted by Crippen LogP contribution is 2.14. The molecule has 0 aliphatic carbocycles.